The van der Waals surface area contributed by atoms with Gasteiger partial charge in [0.15, 0.2) is 11.5 Å². The average molecular weight is 451 g/mol. The third-order valence-electron chi connectivity index (χ3n) is 5.67. The van der Waals surface area contributed by atoms with Crippen molar-refractivity contribution in [1.29, 1.82) is 0 Å². The van der Waals surface area contributed by atoms with Crippen molar-refractivity contribution in [3.8, 4) is 11.5 Å². The van der Waals surface area contributed by atoms with Gasteiger partial charge in [0.2, 0.25) is 0 Å². The number of benzene rings is 1. The fourth-order valence-corrected chi connectivity index (χ4v) is 4.12. The first-order chi connectivity index (χ1) is 14.7. The molecule has 0 aliphatic rings. The van der Waals surface area contributed by atoms with Crippen LogP contribution in [0.4, 0.5) is 0 Å². The van der Waals surface area contributed by atoms with Gasteiger partial charge in [0, 0.05) is 0 Å². The van der Waals surface area contributed by atoms with Crippen LogP contribution in [-0.4, -0.2) is 49.4 Å². The van der Waals surface area contributed by atoms with Crippen LogP contribution in [-0.2, 0) is 10.2 Å². The Hall–Kier alpha value is -1.56. The lowest BCUT2D eigenvalue weighted by Gasteiger charge is -2.34. The highest BCUT2D eigenvalue weighted by atomic mass is 16.5. The fraction of sp³-hybridized carbons (Fsp3) is 0.704. The summed E-state index contributed by atoms with van der Waals surface area (Å²) < 4.78 is 17.5. The van der Waals surface area contributed by atoms with Gasteiger partial charge in [0.1, 0.15) is 13.2 Å². The molecule has 1 unspecified atom stereocenters. The van der Waals surface area contributed by atoms with Gasteiger partial charge in [-0.2, -0.15) is 0 Å². The van der Waals surface area contributed by atoms with E-state index >= 15 is 0 Å². The van der Waals surface area contributed by atoms with Crippen LogP contribution in [0.25, 0.3) is 0 Å². The van der Waals surface area contributed by atoms with Crippen LogP contribution in [0.2, 0.25) is 0 Å². The Kier molecular flexibility index (Phi) is 10.7. The highest BCUT2D eigenvalue weighted by Crippen LogP contribution is 2.41. The lowest BCUT2D eigenvalue weighted by Crippen LogP contribution is -2.34. The molecule has 0 aliphatic heterocycles. The van der Waals surface area contributed by atoms with E-state index in [1.54, 1.807) is 0 Å². The Morgan fingerprint density at radius 1 is 1.00 bits per heavy atom. The first-order valence-electron chi connectivity index (χ1n) is 11.6. The normalized spacial score (nSPS) is 13.7. The summed E-state index contributed by atoms with van der Waals surface area (Å²) in [4.78, 5) is 0. The van der Waals surface area contributed by atoms with Crippen LogP contribution < -0.4 is 9.47 Å². The maximum Gasteiger partial charge on any atom is 0.164 e. The Labute approximate surface area is 195 Å². The molecule has 0 saturated carbocycles. The Morgan fingerprint density at radius 2 is 1.66 bits per heavy atom. The topological polar surface area (TPSA) is 68.2 Å². The summed E-state index contributed by atoms with van der Waals surface area (Å²) in [5, 5.41) is 19.6. The summed E-state index contributed by atoms with van der Waals surface area (Å²) >= 11 is 0. The zero-order valence-electron chi connectivity index (χ0n) is 21.6. The second kappa shape index (κ2) is 12.1. The molecular weight excluding hydrogens is 404 g/mol. The number of rotatable bonds is 14. The molecule has 0 radical (unpaired) electrons. The number of ether oxygens (including phenoxy) is 3. The number of hydrogen-bond donors (Lipinski definition) is 2. The lowest BCUT2D eigenvalue weighted by molar-refractivity contribution is 0.0120. The molecule has 0 aromatic heterocycles. The molecule has 0 spiro atoms. The minimum atomic E-state index is -0.646. The van der Waals surface area contributed by atoms with Crippen molar-refractivity contribution in [3.63, 3.8) is 0 Å². The van der Waals surface area contributed by atoms with E-state index in [4.69, 9.17) is 19.3 Å². The quantitative estimate of drug-likeness (QED) is 0.292. The second-order valence-electron chi connectivity index (χ2n) is 11.2. The van der Waals surface area contributed by atoms with Gasteiger partial charge in [-0.1, -0.05) is 60.6 Å². The van der Waals surface area contributed by atoms with E-state index in [1.807, 2.05) is 26.8 Å². The minimum absolute atomic E-state index is 0.0106. The van der Waals surface area contributed by atoms with Crippen LogP contribution in [0.5, 0.6) is 11.5 Å². The molecule has 1 rings (SSSR count). The van der Waals surface area contributed by atoms with Gasteiger partial charge in [-0.05, 0) is 53.2 Å². The number of allylic oxidation sites excluding steroid dienone is 1. The SMILES string of the molecule is C=CCC(C)(C)C(O)COc1cc(C(C)(C)CC(C)(C)C)cc(C)c1OCCOCCO. The third-order valence-corrected chi connectivity index (χ3v) is 5.67. The van der Waals surface area contributed by atoms with Gasteiger partial charge in [-0.15, -0.1) is 6.58 Å². The highest BCUT2D eigenvalue weighted by Gasteiger charge is 2.30. The maximum atomic E-state index is 10.7. The van der Waals surface area contributed by atoms with E-state index in [-0.39, 0.29) is 36.1 Å². The first kappa shape index (κ1) is 28.5. The zero-order chi connectivity index (χ0) is 24.6. The largest absolute Gasteiger partial charge is 0.487 e. The van der Waals surface area contributed by atoms with Gasteiger partial charge >= 0.3 is 0 Å². The second-order valence-corrected chi connectivity index (χ2v) is 11.2. The molecule has 0 fully saturated rings. The number of aryl methyl sites for hydroxylation is 1. The first-order valence-corrected chi connectivity index (χ1v) is 11.6. The fourth-order valence-electron chi connectivity index (χ4n) is 4.12. The number of hydrogen-bond acceptors (Lipinski definition) is 5. The van der Waals surface area contributed by atoms with Crippen molar-refractivity contribution in [2.45, 2.75) is 79.8 Å². The van der Waals surface area contributed by atoms with Crippen molar-refractivity contribution in [2.24, 2.45) is 10.8 Å². The average Bonchev–Trinajstić information content (AvgIpc) is 2.65. The van der Waals surface area contributed by atoms with Crippen molar-refractivity contribution in [2.75, 3.05) is 33.0 Å². The molecule has 1 atom stereocenters. The summed E-state index contributed by atoms with van der Waals surface area (Å²) in [5.74, 6) is 1.30. The van der Waals surface area contributed by atoms with E-state index in [2.05, 4.69) is 53.3 Å². The summed E-state index contributed by atoms with van der Waals surface area (Å²) in [6, 6.07) is 4.22. The molecule has 32 heavy (non-hydrogen) atoms. The molecule has 0 amide bonds. The zero-order valence-corrected chi connectivity index (χ0v) is 21.6. The number of aliphatic hydroxyl groups excluding tert-OH is 2. The predicted molar refractivity (Wildman–Crippen MR) is 132 cm³/mol. The smallest absolute Gasteiger partial charge is 0.164 e. The minimum Gasteiger partial charge on any atom is -0.487 e. The molecule has 5 heteroatoms. The molecule has 0 bridgehead atoms. The Morgan fingerprint density at radius 3 is 2.22 bits per heavy atom. The maximum absolute atomic E-state index is 10.7. The van der Waals surface area contributed by atoms with Crippen molar-refractivity contribution in [3.05, 3.63) is 35.9 Å². The summed E-state index contributed by atoms with van der Waals surface area (Å²) in [6.45, 7) is 22.3. The monoisotopic (exact) mass is 450 g/mol. The van der Waals surface area contributed by atoms with Crippen LogP contribution >= 0.6 is 0 Å². The standard InChI is InChI=1S/C27H46O5/c1-10-11-26(6,7)23(29)18-32-22-17-21(27(8,9)19-25(3,4)5)16-20(2)24(22)31-15-14-30-13-12-28/h10,16-17,23,28-29H,1,11-15,18-19H2,2-9H3. The van der Waals surface area contributed by atoms with Gasteiger partial charge in [-0.25, -0.2) is 0 Å². The molecule has 1 aromatic rings. The lowest BCUT2D eigenvalue weighted by atomic mass is 9.72. The van der Waals surface area contributed by atoms with E-state index in [0.29, 0.717) is 31.1 Å². The molecular formula is C27H46O5. The molecule has 0 aliphatic carbocycles. The van der Waals surface area contributed by atoms with Crippen molar-refractivity contribution in [1.82, 2.24) is 0 Å². The molecule has 1 aromatic carbocycles. The van der Waals surface area contributed by atoms with Gasteiger partial charge < -0.3 is 24.4 Å². The molecule has 0 heterocycles. The van der Waals surface area contributed by atoms with Gasteiger partial charge in [0.25, 0.3) is 0 Å². The van der Waals surface area contributed by atoms with Crippen LogP contribution in [0.3, 0.4) is 0 Å². The van der Waals surface area contributed by atoms with E-state index < -0.39 is 6.10 Å². The highest BCUT2D eigenvalue weighted by molar-refractivity contribution is 5.50. The van der Waals surface area contributed by atoms with E-state index in [9.17, 15) is 5.11 Å². The summed E-state index contributed by atoms with van der Waals surface area (Å²) in [5.41, 5.74) is 1.97. The van der Waals surface area contributed by atoms with Crippen LogP contribution in [0, 0.1) is 17.8 Å². The summed E-state index contributed by atoms with van der Waals surface area (Å²) in [6.07, 6.45) is 2.89. The number of aliphatic hydroxyl groups is 2. The van der Waals surface area contributed by atoms with Crippen LogP contribution in [0.15, 0.2) is 24.8 Å². The molecule has 5 nitrogen and oxygen atoms in total. The Balaban J connectivity index is 3.18. The van der Waals surface area contributed by atoms with Crippen LogP contribution in [0.1, 0.15) is 72.4 Å². The van der Waals surface area contributed by atoms with Crippen molar-refractivity contribution >= 4 is 0 Å². The predicted octanol–water partition coefficient (Wildman–Crippen LogP) is 5.44. The third kappa shape index (κ3) is 9.13. The Bertz CT molecular complexity index is 715. The molecule has 184 valence electrons. The van der Waals surface area contributed by atoms with Gasteiger partial charge in [-0.3, -0.25) is 0 Å². The van der Waals surface area contributed by atoms with Crippen molar-refractivity contribution < 1.29 is 24.4 Å². The molecule has 2 N–H and O–H groups in total. The molecule has 0 saturated heterocycles. The van der Waals surface area contributed by atoms with E-state index in [0.717, 1.165) is 12.0 Å². The van der Waals surface area contributed by atoms with Gasteiger partial charge in [0.05, 0.1) is 25.9 Å². The summed E-state index contributed by atoms with van der Waals surface area (Å²) in [7, 11) is 0. The van der Waals surface area contributed by atoms with E-state index in [1.165, 1.54) is 5.56 Å².